The standard InChI is InChI=1S/C13H22N2O2S/c1-3-9(2)12-13(17)15(7-11(16)14-12)10-5-4-6-18-8-10/h9-10,12H,3-8H2,1-2H3,(H,14,16). The summed E-state index contributed by atoms with van der Waals surface area (Å²) in [7, 11) is 0. The number of thioether (sulfide) groups is 1. The maximum Gasteiger partial charge on any atom is 0.246 e. The van der Waals surface area contributed by atoms with Gasteiger partial charge in [-0.1, -0.05) is 20.3 Å². The molecule has 18 heavy (non-hydrogen) atoms. The molecule has 3 atom stereocenters. The fourth-order valence-corrected chi connectivity index (χ4v) is 3.75. The Morgan fingerprint density at radius 1 is 1.50 bits per heavy atom. The number of rotatable bonds is 3. The van der Waals surface area contributed by atoms with E-state index in [1.807, 2.05) is 23.6 Å². The van der Waals surface area contributed by atoms with Gasteiger partial charge in [-0.15, -0.1) is 0 Å². The number of hydrogen-bond acceptors (Lipinski definition) is 3. The molecule has 0 aliphatic carbocycles. The van der Waals surface area contributed by atoms with Crippen molar-refractivity contribution >= 4 is 23.6 Å². The first kappa shape index (κ1) is 13.7. The van der Waals surface area contributed by atoms with Gasteiger partial charge in [-0.05, 0) is 24.5 Å². The van der Waals surface area contributed by atoms with Crippen molar-refractivity contribution in [1.29, 1.82) is 0 Å². The lowest BCUT2D eigenvalue weighted by Gasteiger charge is -2.40. The van der Waals surface area contributed by atoms with Gasteiger partial charge in [0.1, 0.15) is 6.04 Å². The Morgan fingerprint density at radius 2 is 2.28 bits per heavy atom. The lowest BCUT2D eigenvalue weighted by atomic mass is 9.95. The lowest BCUT2D eigenvalue weighted by molar-refractivity contribution is -0.147. The second-order valence-corrected chi connectivity index (χ2v) is 6.42. The molecule has 0 radical (unpaired) electrons. The molecule has 0 spiro atoms. The largest absolute Gasteiger partial charge is 0.342 e. The molecule has 2 amide bonds. The van der Waals surface area contributed by atoms with Gasteiger partial charge in [-0.3, -0.25) is 9.59 Å². The van der Waals surface area contributed by atoms with Gasteiger partial charge in [0, 0.05) is 11.8 Å². The summed E-state index contributed by atoms with van der Waals surface area (Å²) in [6, 6.07) is -0.0583. The molecule has 4 nitrogen and oxygen atoms in total. The van der Waals surface area contributed by atoms with Crippen molar-refractivity contribution in [1.82, 2.24) is 10.2 Å². The topological polar surface area (TPSA) is 49.4 Å². The smallest absolute Gasteiger partial charge is 0.246 e. The number of nitrogens with one attached hydrogen (secondary N) is 1. The third-order valence-electron chi connectivity index (χ3n) is 3.97. The van der Waals surface area contributed by atoms with Gasteiger partial charge in [-0.2, -0.15) is 11.8 Å². The summed E-state index contributed by atoms with van der Waals surface area (Å²) in [4.78, 5) is 26.1. The highest BCUT2D eigenvalue weighted by Gasteiger charge is 2.38. The summed E-state index contributed by atoms with van der Waals surface area (Å²) in [6.07, 6.45) is 3.10. The zero-order valence-electron chi connectivity index (χ0n) is 11.1. The molecule has 5 heteroatoms. The Balaban J connectivity index is 2.09. The van der Waals surface area contributed by atoms with E-state index in [4.69, 9.17) is 0 Å². The minimum atomic E-state index is -0.317. The van der Waals surface area contributed by atoms with Gasteiger partial charge in [0.15, 0.2) is 0 Å². The van der Waals surface area contributed by atoms with E-state index < -0.39 is 0 Å². The molecule has 0 aromatic carbocycles. The SMILES string of the molecule is CCC(C)C1NC(=O)CN(C2CCCSC2)C1=O. The van der Waals surface area contributed by atoms with Crippen LogP contribution in [0.3, 0.4) is 0 Å². The molecule has 102 valence electrons. The third kappa shape index (κ3) is 2.82. The van der Waals surface area contributed by atoms with E-state index >= 15 is 0 Å². The molecule has 2 rings (SSSR count). The molecule has 2 saturated heterocycles. The van der Waals surface area contributed by atoms with Crippen LogP contribution in [0.25, 0.3) is 0 Å². The zero-order valence-corrected chi connectivity index (χ0v) is 12.0. The number of piperazine rings is 1. The summed E-state index contributed by atoms with van der Waals surface area (Å²) in [5.74, 6) is 2.48. The van der Waals surface area contributed by atoms with Crippen LogP contribution >= 0.6 is 11.8 Å². The van der Waals surface area contributed by atoms with Crippen molar-refractivity contribution < 1.29 is 9.59 Å². The number of nitrogens with zero attached hydrogens (tertiary/aromatic N) is 1. The van der Waals surface area contributed by atoms with Crippen LogP contribution in [0.15, 0.2) is 0 Å². The first-order valence-electron chi connectivity index (χ1n) is 6.81. The summed E-state index contributed by atoms with van der Waals surface area (Å²) in [5.41, 5.74) is 0. The minimum Gasteiger partial charge on any atom is -0.342 e. The molecule has 2 aliphatic rings. The average Bonchev–Trinajstić information content (AvgIpc) is 2.41. The van der Waals surface area contributed by atoms with Crippen molar-refractivity contribution in [2.24, 2.45) is 5.92 Å². The molecule has 1 N–H and O–H groups in total. The van der Waals surface area contributed by atoms with Gasteiger partial charge in [0.25, 0.3) is 0 Å². The van der Waals surface area contributed by atoms with E-state index in [0.29, 0.717) is 0 Å². The Kier molecular flexibility index (Phi) is 4.54. The molecule has 2 aliphatic heterocycles. The Hall–Kier alpha value is -0.710. The number of carbonyl (C=O) groups excluding carboxylic acids is 2. The van der Waals surface area contributed by atoms with Crippen LogP contribution in [0, 0.1) is 5.92 Å². The summed E-state index contributed by atoms with van der Waals surface area (Å²) < 4.78 is 0. The van der Waals surface area contributed by atoms with Crippen molar-refractivity contribution in [3.05, 3.63) is 0 Å². The van der Waals surface area contributed by atoms with Crippen molar-refractivity contribution in [3.8, 4) is 0 Å². The fourth-order valence-electron chi connectivity index (χ4n) is 2.59. The number of hydrogen-bond donors (Lipinski definition) is 1. The highest BCUT2D eigenvalue weighted by Crippen LogP contribution is 2.24. The molecule has 3 unspecified atom stereocenters. The van der Waals surface area contributed by atoms with E-state index in [2.05, 4.69) is 12.2 Å². The van der Waals surface area contributed by atoms with Crippen LogP contribution in [0.1, 0.15) is 33.1 Å². The predicted octanol–water partition coefficient (Wildman–Crippen LogP) is 1.26. The van der Waals surface area contributed by atoms with Gasteiger partial charge in [0.2, 0.25) is 11.8 Å². The molecule has 2 fully saturated rings. The molecule has 0 bridgehead atoms. The summed E-state index contributed by atoms with van der Waals surface area (Å²) in [6.45, 7) is 4.33. The normalized spacial score (nSPS) is 31.1. The number of carbonyl (C=O) groups is 2. The van der Waals surface area contributed by atoms with Crippen molar-refractivity contribution in [2.75, 3.05) is 18.1 Å². The van der Waals surface area contributed by atoms with Crippen LogP contribution in [-0.4, -0.2) is 46.8 Å². The summed E-state index contributed by atoms with van der Waals surface area (Å²) in [5, 5.41) is 2.85. The van der Waals surface area contributed by atoms with E-state index in [1.54, 1.807) is 0 Å². The molecule has 0 aromatic heterocycles. The third-order valence-corrected chi connectivity index (χ3v) is 5.17. The quantitative estimate of drug-likeness (QED) is 0.840. The van der Waals surface area contributed by atoms with E-state index in [0.717, 1.165) is 25.0 Å². The van der Waals surface area contributed by atoms with Crippen LogP contribution in [0.5, 0.6) is 0 Å². The second-order valence-electron chi connectivity index (χ2n) is 5.27. The lowest BCUT2D eigenvalue weighted by Crippen LogP contribution is -2.63. The monoisotopic (exact) mass is 270 g/mol. The number of amides is 2. The Labute approximate surface area is 113 Å². The maximum absolute atomic E-state index is 12.5. The van der Waals surface area contributed by atoms with Gasteiger partial charge >= 0.3 is 0 Å². The van der Waals surface area contributed by atoms with Gasteiger partial charge in [-0.25, -0.2) is 0 Å². The second kappa shape index (κ2) is 5.95. The Bertz CT molecular complexity index is 329. The molecular formula is C13H22N2O2S. The highest BCUT2D eigenvalue weighted by molar-refractivity contribution is 7.99. The minimum absolute atomic E-state index is 0.00419. The molecule has 0 aromatic rings. The Morgan fingerprint density at radius 3 is 2.89 bits per heavy atom. The van der Waals surface area contributed by atoms with Crippen LogP contribution in [0.4, 0.5) is 0 Å². The highest BCUT2D eigenvalue weighted by atomic mass is 32.2. The maximum atomic E-state index is 12.5. The van der Waals surface area contributed by atoms with Crippen LogP contribution in [0.2, 0.25) is 0 Å². The molecule has 2 heterocycles. The van der Waals surface area contributed by atoms with E-state index in [1.165, 1.54) is 5.75 Å². The first-order chi connectivity index (χ1) is 8.63. The fraction of sp³-hybridized carbons (Fsp3) is 0.846. The molecule has 0 saturated carbocycles. The molecular weight excluding hydrogens is 248 g/mol. The van der Waals surface area contributed by atoms with Crippen molar-refractivity contribution in [3.63, 3.8) is 0 Å². The van der Waals surface area contributed by atoms with Gasteiger partial charge < -0.3 is 10.2 Å². The van der Waals surface area contributed by atoms with Crippen LogP contribution in [-0.2, 0) is 9.59 Å². The van der Waals surface area contributed by atoms with E-state index in [9.17, 15) is 9.59 Å². The van der Waals surface area contributed by atoms with Gasteiger partial charge in [0.05, 0.1) is 6.54 Å². The first-order valence-corrected chi connectivity index (χ1v) is 7.96. The predicted molar refractivity (Wildman–Crippen MR) is 73.4 cm³/mol. The van der Waals surface area contributed by atoms with Crippen molar-refractivity contribution in [2.45, 2.75) is 45.2 Å². The van der Waals surface area contributed by atoms with Crippen LogP contribution < -0.4 is 5.32 Å². The average molecular weight is 270 g/mol. The van der Waals surface area contributed by atoms with E-state index in [-0.39, 0.29) is 36.4 Å². The summed E-state index contributed by atoms with van der Waals surface area (Å²) >= 11 is 1.89. The zero-order chi connectivity index (χ0) is 13.1.